The third kappa shape index (κ3) is 5.06. The number of nitrogens with one attached hydrogen (secondary N) is 1. The van der Waals surface area contributed by atoms with Crippen molar-refractivity contribution in [2.45, 2.75) is 32.8 Å². The number of carbonyl (C=O) groups excluding carboxylic acids is 1. The summed E-state index contributed by atoms with van der Waals surface area (Å²) >= 11 is 0. The van der Waals surface area contributed by atoms with Gasteiger partial charge in [0.05, 0.1) is 0 Å². The Labute approximate surface area is 160 Å². The summed E-state index contributed by atoms with van der Waals surface area (Å²) in [6.45, 7) is 9.76. The molecule has 0 aliphatic carbocycles. The zero-order valence-electron chi connectivity index (χ0n) is 16.0. The summed E-state index contributed by atoms with van der Waals surface area (Å²) in [7, 11) is -0.450. The van der Waals surface area contributed by atoms with E-state index in [1.807, 2.05) is 63.2 Å². The van der Waals surface area contributed by atoms with Gasteiger partial charge in [-0.25, -0.2) is 4.79 Å². The number of alkyl carbamates (subject to hydrolysis) is 1. The lowest BCUT2D eigenvalue weighted by atomic mass is 9.79. The van der Waals surface area contributed by atoms with Gasteiger partial charge in [-0.05, 0) is 50.5 Å². The molecule has 0 saturated carbocycles. The number of benzene rings is 2. The van der Waals surface area contributed by atoms with Crippen LogP contribution in [0.15, 0.2) is 49.0 Å². The predicted octanol–water partition coefficient (Wildman–Crippen LogP) is 3.56. The molecule has 2 aromatic rings. The molecule has 0 bridgehead atoms. The minimum absolute atomic E-state index is 0.411. The predicted molar refractivity (Wildman–Crippen MR) is 108 cm³/mol. The molecule has 1 amide bonds. The lowest BCUT2D eigenvalue weighted by Gasteiger charge is -2.19. The number of hydrogen-bond acceptors (Lipinski definition) is 4. The summed E-state index contributed by atoms with van der Waals surface area (Å²) in [6, 6.07) is 13.7. The van der Waals surface area contributed by atoms with Gasteiger partial charge < -0.3 is 19.4 Å². The van der Waals surface area contributed by atoms with Crippen molar-refractivity contribution < 1.29 is 18.8 Å². The number of fused-ring (bicyclic) bond motifs is 1. The van der Waals surface area contributed by atoms with E-state index in [0.29, 0.717) is 18.7 Å². The van der Waals surface area contributed by atoms with E-state index in [0.717, 1.165) is 22.3 Å². The molecule has 3 rings (SSSR count). The topological polar surface area (TPSA) is 56.8 Å². The van der Waals surface area contributed by atoms with Gasteiger partial charge in [0.15, 0.2) is 0 Å². The fourth-order valence-electron chi connectivity index (χ4n) is 2.70. The molecule has 0 saturated heterocycles. The molecule has 2 aromatic carbocycles. The lowest BCUT2D eigenvalue weighted by Crippen LogP contribution is -2.38. The Kier molecular flexibility index (Phi) is 5.45. The summed E-state index contributed by atoms with van der Waals surface area (Å²) < 4.78 is 17.0. The SMILES string of the molecule is C=Cc1ccc(B2Oc3ccc(CCNC(=O)OC(C)(C)C)cc3O2)cc1. The second-order valence-corrected chi connectivity index (χ2v) is 7.40. The van der Waals surface area contributed by atoms with Crippen molar-refractivity contribution in [1.29, 1.82) is 0 Å². The minimum Gasteiger partial charge on any atom is -0.519 e. The number of carbonyl (C=O) groups is 1. The van der Waals surface area contributed by atoms with Crippen molar-refractivity contribution in [3.8, 4) is 11.5 Å². The van der Waals surface area contributed by atoms with Crippen molar-refractivity contribution in [3.63, 3.8) is 0 Å². The molecule has 140 valence electrons. The van der Waals surface area contributed by atoms with Gasteiger partial charge in [0.2, 0.25) is 0 Å². The van der Waals surface area contributed by atoms with Crippen molar-refractivity contribution in [2.75, 3.05) is 6.54 Å². The first-order chi connectivity index (χ1) is 12.8. The van der Waals surface area contributed by atoms with E-state index < -0.39 is 18.8 Å². The highest BCUT2D eigenvalue weighted by Crippen LogP contribution is 2.34. The molecule has 0 aromatic heterocycles. The van der Waals surface area contributed by atoms with Crippen LogP contribution in [0.2, 0.25) is 0 Å². The highest BCUT2D eigenvalue weighted by Gasteiger charge is 2.33. The number of amides is 1. The van der Waals surface area contributed by atoms with E-state index in [1.165, 1.54) is 0 Å². The molecule has 0 atom stereocenters. The van der Waals surface area contributed by atoms with Gasteiger partial charge in [-0.15, -0.1) is 0 Å². The largest absolute Gasteiger partial charge is 0.632 e. The van der Waals surface area contributed by atoms with E-state index in [9.17, 15) is 4.79 Å². The summed E-state index contributed by atoms with van der Waals surface area (Å²) in [6.07, 6.45) is 2.06. The molecular weight excluding hydrogens is 341 g/mol. The maximum atomic E-state index is 11.7. The zero-order chi connectivity index (χ0) is 19.4. The second kappa shape index (κ2) is 7.78. The summed E-state index contributed by atoms with van der Waals surface area (Å²) in [5.74, 6) is 1.43. The molecule has 0 radical (unpaired) electrons. The molecule has 1 N–H and O–H groups in total. The van der Waals surface area contributed by atoms with Crippen LogP contribution in [0.25, 0.3) is 6.08 Å². The van der Waals surface area contributed by atoms with Crippen LogP contribution in [-0.2, 0) is 11.2 Å². The van der Waals surface area contributed by atoms with Crippen LogP contribution in [0.4, 0.5) is 4.79 Å². The monoisotopic (exact) mass is 365 g/mol. The van der Waals surface area contributed by atoms with E-state index in [-0.39, 0.29) is 0 Å². The first-order valence-corrected chi connectivity index (χ1v) is 8.99. The van der Waals surface area contributed by atoms with Gasteiger partial charge in [0.1, 0.15) is 17.1 Å². The van der Waals surface area contributed by atoms with Gasteiger partial charge in [-0.2, -0.15) is 0 Å². The van der Waals surface area contributed by atoms with Crippen LogP contribution in [0.1, 0.15) is 31.9 Å². The number of hydrogen-bond donors (Lipinski definition) is 1. The standard InChI is InChI=1S/C21H24BNO4/c1-5-15-6-9-17(10-7-15)22-26-18-11-8-16(14-19(18)27-22)12-13-23-20(24)25-21(2,3)4/h5-11,14H,1,12-13H2,2-4H3,(H,23,24). The molecular formula is C21H24BNO4. The normalized spacial score (nSPS) is 12.6. The van der Waals surface area contributed by atoms with Crippen molar-refractivity contribution in [2.24, 2.45) is 0 Å². The molecule has 1 heterocycles. The maximum absolute atomic E-state index is 11.7. The Hall–Kier alpha value is -2.89. The van der Waals surface area contributed by atoms with Gasteiger partial charge in [0.25, 0.3) is 0 Å². The van der Waals surface area contributed by atoms with Crippen molar-refractivity contribution in [3.05, 3.63) is 60.2 Å². The summed E-state index contributed by atoms with van der Waals surface area (Å²) in [5, 5.41) is 2.76. The van der Waals surface area contributed by atoms with Crippen LogP contribution in [0, 0.1) is 0 Å². The van der Waals surface area contributed by atoms with E-state index in [2.05, 4.69) is 11.9 Å². The first-order valence-electron chi connectivity index (χ1n) is 8.99. The van der Waals surface area contributed by atoms with Crippen LogP contribution in [-0.4, -0.2) is 25.4 Å². The molecule has 6 heteroatoms. The smallest absolute Gasteiger partial charge is 0.519 e. The minimum atomic E-state index is -0.498. The van der Waals surface area contributed by atoms with E-state index in [1.54, 1.807) is 6.08 Å². The van der Waals surface area contributed by atoms with Crippen LogP contribution in [0.3, 0.4) is 0 Å². The third-order valence-corrected chi connectivity index (χ3v) is 4.00. The van der Waals surface area contributed by atoms with Crippen LogP contribution in [0.5, 0.6) is 11.5 Å². The molecule has 0 unspecified atom stereocenters. The summed E-state index contributed by atoms with van der Waals surface area (Å²) in [4.78, 5) is 11.7. The van der Waals surface area contributed by atoms with Gasteiger partial charge in [-0.1, -0.05) is 43.0 Å². The molecule has 0 spiro atoms. The van der Waals surface area contributed by atoms with Gasteiger partial charge >= 0.3 is 13.2 Å². The van der Waals surface area contributed by atoms with Gasteiger partial charge in [-0.3, -0.25) is 0 Å². The Morgan fingerprint density at radius 1 is 1.15 bits per heavy atom. The second-order valence-electron chi connectivity index (χ2n) is 7.40. The summed E-state index contributed by atoms with van der Waals surface area (Å²) in [5.41, 5.74) is 2.55. The van der Waals surface area contributed by atoms with Crippen molar-refractivity contribution >= 4 is 24.8 Å². The molecule has 5 nitrogen and oxygen atoms in total. The molecule has 27 heavy (non-hydrogen) atoms. The van der Waals surface area contributed by atoms with Crippen LogP contribution < -0.4 is 20.1 Å². The highest BCUT2D eigenvalue weighted by molar-refractivity contribution is 6.63. The van der Waals surface area contributed by atoms with Crippen LogP contribution >= 0.6 is 0 Å². The van der Waals surface area contributed by atoms with Gasteiger partial charge in [0, 0.05) is 12.0 Å². The van der Waals surface area contributed by atoms with E-state index in [4.69, 9.17) is 14.0 Å². The maximum Gasteiger partial charge on any atom is 0.632 e. The Bertz CT molecular complexity index is 827. The zero-order valence-corrected chi connectivity index (χ0v) is 16.0. The lowest BCUT2D eigenvalue weighted by molar-refractivity contribution is 0.0528. The molecule has 1 aliphatic heterocycles. The van der Waals surface area contributed by atoms with E-state index >= 15 is 0 Å². The fraction of sp³-hybridized carbons (Fsp3) is 0.286. The average molecular weight is 365 g/mol. The fourth-order valence-corrected chi connectivity index (χ4v) is 2.70. The first kappa shape index (κ1) is 18.9. The number of ether oxygens (including phenoxy) is 1. The average Bonchev–Trinajstić information content (AvgIpc) is 3.03. The Morgan fingerprint density at radius 3 is 2.52 bits per heavy atom. The highest BCUT2D eigenvalue weighted by atomic mass is 16.6. The Morgan fingerprint density at radius 2 is 1.85 bits per heavy atom. The third-order valence-electron chi connectivity index (χ3n) is 4.00. The Balaban J connectivity index is 1.56. The number of rotatable bonds is 5. The van der Waals surface area contributed by atoms with Crippen molar-refractivity contribution in [1.82, 2.24) is 5.32 Å². The molecule has 1 aliphatic rings. The molecule has 0 fully saturated rings. The quantitative estimate of drug-likeness (QED) is 0.824.